The number of nitrogens with one attached hydrogen (secondary N) is 4. The Labute approximate surface area is 611 Å². The number of hydrogen-bond donors (Lipinski definition) is 6. The van der Waals surface area contributed by atoms with Crippen LogP contribution in [-0.4, -0.2) is 175 Å². The number of aliphatic hydroxyl groups excluding tert-OH is 1. The fourth-order valence-electron chi connectivity index (χ4n) is 14.3. The predicted octanol–water partition coefficient (Wildman–Crippen LogP) is -3.02. The molecule has 25 atom stereocenters. The lowest BCUT2D eigenvalue weighted by Gasteiger charge is -2.41. The maximum absolute atomic E-state index is 14.9. The Balaban J connectivity index is 0.755. The van der Waals surface area contributed by atoms with Crippen molar-refractivity contribution in [2.75, 3.05) is 32.2 Å². The van der Waals surface area contributed by atoms with Gasteiger partial charge in [-0.15, -0.1) is 0 Å². The lowest BCUT2D eigenvalue weighted by molar-refractivity contribution is -0.254. The van der Waals surface area contributed by atoms with Gasteiger partial charge in [-0.05, 0) is 61.8 Å². The monoisotopic (exact) mass is 1630 g/mol. The number of aryl methyl sites for hydroxylation is 5. The number of ether oxygens (including phenoxy) is 8. The quantitative estimate of drug-likeness (QED) is 0.0237. The van der Waals surface area contributed by atoms with E-state index >= 15 is 0 Å². The van der Waals surface area contributed by atoms with Crippen LogP contribution in [0.2, 0.25) is 0 Å². The molecule has 13 heterocycles. The van der Waals surface area contributed by atoms with E-state index in [-0.39, 0.29) is 40.9 Å². The van der Waals surface area contributed by atoms with Crippen LogP contribution in [0.3, 0.4) is 0 Å². The molecule has 5 aromatic rings. The number of rotatable bonds is 26. The first-order valence-corrected chi connectivity index (χ1v) is 41.9. The van der Waals surface area contributed by atoms with E-state index in [1.54, 1.807) is 13.8 Å². The molecule has 42 nitrogen and oxygen atoms in total. The van der Waals surface area contributed by atoms with Crippen LogP contribution >= 0.6 is 28.1 Å². The fraction of sp³-hybridized carbons (Fsp3) is 0.649. The van der Waals surface area contributed by atoms with Crippen LogP contribution in [0.1, 0.15) is 106 Å². The van der Waals surface area contributed by atoms with Gasteiger partial charge in [-0.1, -0.05) is 30.5 Å². The highest BCUT2D eigenvalue weighted by Crippen LogP contribution is 2.62. The average Bonchev–Trinajstić information content (AvgIpc) is 1.56. The van der Waals surface area contributed by atoms with Crippen LogP contribution in [0.25, 0.3) is 0 Å². The standard InChI is InChI=1S/C57H75N11O31P4S3/c1-10-30-31(11-34(91-30)65-14-23(3)43(70)60-51(65)75)96-101(81,104)84-18-33-32(12-35(92-33)64-13-22(2)42(58)59-50(64)74)97-102(82,105)87-21-57-29(9)89-37(48(95-57)67-16-25(5)45(72)62-53(67)77)40(57)98-100(79,80)85-20-56-28(8)90-38(49(94-56)68-17-26(6)46(73)63-54(68)78)41(56)99-103(83,106)86-19-55-27(7)88-36(39(55)69)47(93-55)66-15-24(4)44(71)61-52(66)76/h13-17,27-41,47-49,69H,10-12,18-21H2,1-9H3,(H,79,80)(H,81,104)(H,82,105)(H,83,106)(H2,58,59,74)(H,60,70,75)(H,61,71,76)(H,62,72,77)(H,63,73,78)/p-4/t27-,28-,29-,30+,31+,32+,33+,34+,35+,36?,37?,38?,39+,40+,41+,47+,48+,49+,55-,56-,57-,101?,102?,103?/m0/s1. The summed E-state index contributed by atoms with van der Waals surface area (Å²) < 4.78 is 132. The second kappa shape index (κ2) is 28.8. The molecule has 7 unspecified atom stereocenters. The van der Waals surface area contributed by atoms with Crippen molar-refractivity contribution in [2.45, 2.75) is 209 Å². The Kier molecular flexibility index (Phi) is 21.4. The van der Waals surface area contributed by atoms with Crippen molar-refractivity contribution in [1.82, 2.24) is 47.8 Å². The van der Waals surface area contributed by atoms with E-state index in [1.165, 1.54) is 67.1 Å². The summed E-state index contributed by atoms with van der Waals surface area (Å²) in [6.45, 7) is -5.56. The third kappa shape index (κ3) is 14.5. The zero-order chi connectivity index (χ0) is 76.8. The van der Waals surface area contributed by atoms with Gasteiger partial charge in [-0.3, -0.25) is 71.1 Å². The molecule has 106 heavy (non-hydrogen) atoms. The zero-order valence-corrected chi connectivity index (χ0v) is 63.2. The molecule has 13 rings (SSSR count). The van der Waals surface area contributed by atoms with Gasteiger partial charge in [-0.25, -0.2) is 24.0 Å². The number of nitrogen functional groups attached to an aromatic ring is 1. The van der Waals surface area contributed by atoms with E-state index in [2.05, 4.69) is 24.9 Å². The van der Waals surface area contributed by atoms with Crippen LogP contribution in [0.4, 0.5) is 5.82 Å². The van der Waals surface area contributed by atoms with Crippen molar-refractivity contribution in [3.05, 3.63) is 153 Å². The minimum absolute atomic E-state index is 0.0180. The maximum atomic E-state index is 14.9. The molecule has 0 aliphatic carbocycles. The molecule has 0 radical (unpaired) electrons. The third-order valence-corrected chi connectivity index (χ3v) is 25.7. The molecule has 8 fully saturated rings. The summed E-state index contributed by atoms with van der Waals surface area (Å²) in [5.41, 5.74) is -7.69. The van der Waals surface area contributed by atoms with Crippen LogP contribution < -0.4 is 71.1 Å². The molecule has 49 heteroatoms. The zero-order valence-electron chi connectivity index (χ0n) is 57.2. The lowest BCUT2D eigenvalue weighted by Crippen LogP contribution is -2.52. The first kappa shape index (κ1) is 78.8. The first-order chi connectivity index (χ1) is 49.6. The molecule has 0 aromatic carbocycles. The molecule has 582 valence electrons. The second-order valence-corrected chi connectivity index (χ2v) is 36.3. The van der Waals surface area contributed by atoms with Gasteiger partial charge in [-0.2, -0.15) is 4.98 Å². The van der Waals surface area contributed by atoms with E-state index in [9.17, 15) is 72.1 Å². The van der Waals surface area contributed by atoms with Gasteiger partial charge in [0.1, 0.15) is 91.2 Å². The Morgan fingerprint density at radius 1 is 0.547 bits per heavy atom. The van der Waals surface area contributed by atoms with Crippen molar-refractivity contribution in [3.8, 4) is 0 Å². The first-order valence-electron chi connectivity index (χ1n) is 32.8. The van der Waals surface area contributed by atoms with Gasteiger partial charge in [0.25, 0.3) is 30.1 Å². The van der Waals surface area contributed by atoms with Gasteiger partial charge in [0, 0.05) is 71.6 Å². The molecule has 0 amide bonds. The number of nitrogens with zero attached hydrogens (tertiary/aromatic N) is 6. The van der Waals surface area contributed by atoms with Crippen LogP contribution in [0, 0.1) is 34.6 Å². The summed E-state index contributed by atoms with van der Waals surface area (Å²) >= 11 is 16.3. The molecule has 5 aromatic heterocycles. The number of H-pyrrole nitrogens is 4. The number of aliphatic hydroxyl groups is 1. The average molecular weight is 1630 g/mol. The molecule has 6 bridgehead atoms. The van der Waals surface area contributed by atoms with Gasteiger partial charge in [0.2, 0.25) is 0 Å². The Hall–Kier alpha value is -5.29. The maximum Gasteiger partial charge on any atom is 0.351 e. The van der Waals surface area contributed by atoms with Gasteiger partial charge >= 0.3 is 28.4 Å². The number of aromatic nitrogens is 10. The Morgan fingerprint density at radius 2 is 0.943 bits per heavy atom. The molecule has 0 saturated carbocycles. The molecule has 8 aliphatic rings. The number of nitrogens with two attached hydrogens (primary N) is 1. The van der Waals surface area contributed by atoms with E-state index < -0.39 is 239 Å². The molecule has 8 saturated heterocycles. The number of hydrogen-bond acceptors (Lipinski definition) is 36. The van der Waals surface area contributed by atoms with Crippen molar-refractivity contribution in [2.24, 2.45) is 0 Å². The SMILES string of the molecule is CC[C@H]1O[C@@H](n2cc(C)c(=O)[nH]c2=O)C[C@H]1OP([O-])(=S)OC[C@H]1O[C@@H](n2cc(C)c(N)nc2=O)C[C@H]1OP(=O)([S-])OC[C@]12O[C@@H](n3cc(C)c(=O)[nH]c3=O)C(O[C@H]1C)[C@H]2OP(=O)([O-])OC[C@]12O[C@@H](n3cc(C)c(=O)[nH]c3=O)C(O[C@H]1C)[C@H]2OP([O-])(=S)OC[C@]12O[C@@H](n3cc(C)c(=O)[nH]c3=O)C(O[C@H]1C)[C@H]2O. The van der Waals surface area contributed by atoms with Crippen molar-refractivity contribution < 1.29 is 103 Å². The second-order valence-electron chi connectivity index (χ2n) is 26.9. The number of anilines is 1. The van der Waals surface area contributed by atoms with E-state index in [0.29, 0.717) is 5.56 Å². The normalized spacial score (nSPS) is 35.9. The summed E-state index contributed by atoms with van der Waals surface area (Å²) in [4.78, 5) is 172. The van der Waals surface area contributed by atoms with Crippen molar-refractivity contribution >= 4 is 69.7 Å². The molecule has 8 aliphatic heterocycles. The van der Waals surface area contributed by atoms with Crippen molar-refractivity contribution in [1.29, 1.82) is 0 Å². The van der Waals surface area contributed by atoms with Crippen LogP contribution in [0.5, 0.6) is 0 Å². The topological polar surface area (TPSA) is 552 Å². The largest absolute Gasteiger partial charge is 0.780 e. The highest BCUT2D eigenvalue weighted by Gasteiger charge is 2.71. The molecule has 7 N–H and O–H groups in total. The number of aromatic amines is 4. The number of phosphoric ester groups is 1. The van der Waals surface area contributed by atoms with Gasteiger partial charge < -0.3 is 112 Å². The lowest BCUT2D eigenvalue weighted by atomic mass is 9.94. The smallest absolute Gasteiger partial charge is 0.351 e. The van der Waals surface area contributed by atoms with Crippen LogP contribution in [-0.2, 0) is 119 Å². The Bertz CT molecular complexity index is 5110. The number of fused-ring (bicyclic) bond motifs is 6. The highest BCUT2D eigenvalue weighted by atomic mass is 32.7. The minimum Gasteiger partial charge on any atom is -0.780 e. The van der Waals surface area contributed by atoms with E-state index in [0.717, 1.165) is 35.2 Å². The highest BCUT2D eigenvalue weighted by molar-refractivity contribution is 8.32. The molecule has 0 spiro atoms. The minimum atomic E-state index is -6.01. The van der Waals surface area contributed by atoms with Crippen molar-refractivity contribution in [3.63, 3.8) is 0 Å². The third-order valence-electron chi connectivity index (χ3n) is 20.1. The Morgan fingerprint density at radius 3 is 1.46 bits per heavy atom. The summed E-state index contributed by atoms with van der Waals surface area (Å²) in [6, 6.07) is 0. The van der Waals surface area contributed by atoms with E-state index in [4.69, 9.17) is 116 Å². The van der Waals surface area contributed by atoms with Gasteiger partial charge in [0.15, 0.2) is 25.5 Å². The van der Waals surface area contributed by atoms with Gasteiger partial charge in [0.05, 0.1) is 63.1 Å². The summed E-state index contributed by atoms with van der Waals surface area (Å²) in [5.74, 6) is -0.114. The predicted molar refractivity (Wildman–Crippen MR) is 361 cm³/mol. The summed E-state index contributed by atoms with van der Waals surface area (Å²) in [6.07, 6.45) is -19.8. The van der Waals surface area contributed by atoms with Crippen LogP contribution in [0.15, 0.2) is 74.1 Å². The summed E-state index contributed by atoms with van der Waals surface area (Å²) in [5, 5.41) is 11.6. The molecular weight excluding hydrogens is 1550 g/mol. The molecular formula is C57H71N11O31P4S3-4. The van der Waals surface area contributed by atoms with E-state index in [1.807, 2.05) is 0 Å². The summed E-state index contributed by atoms with van der Waals surface area (Å²) in [7, 11) is -6.01. The number of phosphoric acid groups is 1. The fourth-order valence-corrected chi connectivity index (χ4v) is 19.7.